The van der Waals surface area contributed by atoms with Crippen molar-refractivity contribution in [3.05, 3.63) is 59.9 Å². The fourth-order valence-corrected chi connectivity index (χ4v) is 1.85. The second kappa shape index (κ2) is 6.90. The predicted octanol–water partition coefficient (Wildman–Crippen LogP) is 3.15. The molecule has 1 aromatic heterocycles. The topological polar surface area (TPSA) is 42.4 Å². The largest absolute Gasteiger partial charge is 0.493 e. The monoisotopic (exact) mass is 257 g/mol. The summed E-state index contributed by atoms with van der Waals surface area (Å²) in [7, 11) is 0. The summed E-state index contributed by atoms with van der Waals surface area (Å²) in [6, 6.07) is 11.6. The molecule has 2 rings (SSSR count). The summed E-state index contributed by atoms with van der Waals surface area (Å²) in [5.41, 5.74) is 2.10. The van der Waals surface area contributed by atoms with Crippen LogP contribution in [0.25, 0.3) is 0 Å². The highest BCUT2D eigenvalue weighted by atomic mass is 16.5. The van der Waals surface area contributed by atoms with Crippen molar-refractivity contribution in [1.82, 2.24) is 4.98 Å². The standard InChI is InChI=1S/C16H19NO2/c1-2-16(18)14-5-7-15(8-6-14)19-11-9-13-4-3-10-17-12-13/h3-8,10,12,16,18H,2,9,11H2,1H3. The van der Waals surface area contributed by atoms with Crippen molar-refractivity contribution in [2.45, 2.75) is 25.9 Å². The minimum atomic E-state index is -0.385. The molecule has 1 N–H and O–H groups in total. The molecule has 1 unspecified atom stereocenters. The molecule has 1 aromatic carbocycles. The van der Waals surface area contributed by atoms with E-state index in [-0.39, 0.29) is 6.10 Å². The minimum absolute atomic E-state index is 0.385. The molecule has 1 atom stereocenters. The van der Waals surface area contributed by atoms with Gasteiger partial charge in [0, 0.05) is 18.8 Å². The van der Waals surface area contributed by atoms with Crippen LogP contribution in [0.4, 0.5) is 0 Å². The van der Waals surface area contributed by atoms with E-state index >= 15 is 0 Å². The van der Waals surface area contributed by atoms with Crippen molar-refractivity contribution < 1.29 is 9.84 Å². The molecular weight excluding hydrogens is 238 g/mol. The van der Waals surface area contributed by atoms with Crippen molar-refractivity contribution in [1.29, 1.82) is 0 Å². The minimum Gasteiger partial charge on any atom is -0.493 e. The zero-order chi connectivity index (χ0) is 13.5. The van der Waals surface area contributed by atoms with Crippen molar-refractivity contribution >= 4 is 0 Å². The molecule has 1 heterocycles. The predicted molar refractivity (Wildman–Crippen MR) is 75.1 cm³/mol. The average Bonchev–Trinajstić information content (AvgIpc) is 2.48. The molecule has 3 heteroatoms. The summed E-state index contributed by atoms with van der Waals surface area (Å²) in [6.07, 6.45) is 4.80. The summed E-state index contributed by atoms with van der Waals surface area (Å²) < 4.78 is 5.67. The van der Waals surface area contributed by atoms with Crippen LogP contribution in [0.15, 0.2) is 48.8 Å². The van der Waals surface area contributed by atoms with E-state index in [0.717, 1.165) is 24.2 Å². The average molecular weight is 257 g/mol. The first kappa shape index (κ1) is 13.6. The third kappa shape index (κ3) is 4.07. The molecule has 0 saturated carbocycles. The highest BCUT2D eigenvalue weighted by Crippen LogP contribution is 2.19. The number of aromatic nitrogens is 1. The normalized spacial score (nSPS) is 12.1. The quantitative estimate of drug-likeness (QED) is 0.864. The van der Waals surface area contributed by atoms with Crippen molar-refractivity contribution in [3.8, 4) is 5.75 Å². The van der Waals surface area contributed by atoms with E-state index in [0.29, 0.717) is 6.61 Å². The summed E-state index contributed by atoms with van der Waals surface area (Å²) in [4.78, 5) is 4.07. The molecule has 0 aliphatic heterocycles. The van der Waals surface area contributed by atoms with Crippen LogP contribution in [0.2, 0.25) is 0 Å². The zero-order valence-corrected chi connectivity index (χ0v) is 11.1. The van der Waals surface area contributed by atoms with Crippen molar-refractivity contribution in [2.75, 3.05) is 6.61 Å². The molecule has 0 bridgehead atoms. The number of hydrogen-bond donors (Lipinski definition) is 1. The third-order valence-electron chi connectivity index (χ3n) is 3.03. The Kier molecular flexibility index (Phi) is 4.93. The van der Waals surface area contributed by atoms with Crippen molar-refractivity contribution in [2.24, 2.45) is 0 Å². The number of benzene rings is 1. The molecule has 0 spiro atoms. The molecule has 0 radical (unpaired) electrons. The van der Waals surface area contributed by atoms with E-state index in [1.807, 2.05) is 49.5 Å². The van der Waals surface area contributed by atoms with Gasteiger partial charge in [0.2, 0.25) is 0 Å². The van der Waals surface area contributed by atoms with Gasteiger partial charge in [-0.25, -0.2) is 0 Å². The van der Waals surface area contributed by atoms with Crippen LogP contribution < -0.4 is 4.74 Å². The molecule has 0 amide bonds. The maximum Gasteiger partial charge on any atom is 0.119 e. The number of rotatable bonds is 6. The van der Waals surface area contributed by atoms with E-state index in [4.69, 9.17) is 4.74 Å². The summed E-state index contributed by atoms with van der Waals surface area (Å²) in [5.74, 6) is 0.830. The van der Waals surface area contributed by atoms with Crippen LogP contribution in [0.1, 0.15) is 30.6 Å². The highest BCUT2D eigenvalue weighted by Gasteiger charge is 2.04. The maximum absolute atomic E-state index is 9.70. The second-order valence-corrected chi connectivity index (χ2v) is 4.45. The first-order valence-corrected chi connectivity index (χ1v) is 6.59. The number of nitrogens with zero attached hydrogens (tertiary/aromatic N) is 1. The van der Waals surface area contributed by atoms with E-state index in [1.165, 1.54) is 5.56 Å². The Morgan fingerprint density at radius 2 is 2.00 bits per heavy atom. The number of pyridine rings is 1. The lowest BCUT2D eigenvalue weighted by molar-refractivity contribution is 0.173. The van der Waals surface area contributed by atoms with Gasteiger partial charge in [-0.15, -0.1) is 0 Å². The first-order chi connectivity index (χ1) is 9.29. The van der Waals surface area contributed by atoms with E-state index in [2.05, 4.69) is 4.98 Å². The molecule has 3 nitrogen and oxygen atoms in total. The number of hydrogen-bond acceptors (Lipinski definition) is 3. The second-order valence-electron chi connectivity index (χ2n) is 4.45. The van der Waals surface area contributed by atoms with Gasteiger partial charge in [-0.1, -0.05) is 25.1 Å². The molecule has 0 aliphatic rings. The van der Waals surface area contributed by atoms with Gasteiger partial charge in [-0.2, -0.15) is 0 Å². The van der Waals surface area contributed by atoms with Crippen LogP contribution in [0, 0.1) is 0 Å². The molecule has 0 fully saturated rings. The Bertz CT molecular complexity index is 482. The number of ether oxygens (including phenoxy) is 1. The Labute approximate surface area is 113 Å². The van der Waals surface area contributed by atoms with Crippen LogP contribution in [-0.4, -0.2) is 16.7 Å². The Balaban J connectivity index is 1.83. The fraction of sp³-hybridized carbons (Fsp3) is 0.312. The van der Waals surface area contributed by atoms with Gasteiger partial charge >= 0.3 is 0 Å². The van der Waals surface area contributed by atoms with Crippen LogP contribution in [0.3, 0.4) is 0 Å². The van der Waals surface area contributed by atoms with Crippen LogP contribution in [0.5, 0.6) is 5.75 Å². The van der Waals surface area contributed by atoms with Gasteiger partial charge < -0.3 is 9.84 Å². The van der Waals surface area contributed by atoms with E-state index in [9.17, 15) is 5.11 Å². The van der Waals surface area contributed by atoms with E-state index < -0.39 is 0 Å². The van der Waals surface area contributed by atoms with E-state index in [1.54, 1.807) is 6.20 Å². The molecule has 19 heavy (non-hydrogen) atoms. The maximum atomic E-state index is 9.70. The Morgan fingerprint density at radius 1 is 1.21 bits per heavy atom. The third-order valence-corrected chi connectivity index (χ3v) is 3.03. The Hall–Kier alpha value is -1.87. The smallest absolute Gasteiger partial charge is 0.119 e. The van der Waals surface area contributed by atoms with Gasteiger partial charge in [0.05, 0.1) is 12.7 Å². The van der Waals surface area contributed by atoms with Crippen molar-refractivity contribution in [3.63, 3.8) is 0 Å². The number of aliphatic hydroxyl groups is 1. The lowest BCUT2D eigenvalue weighted by Gasteiger charge is -2.10. The fourth-order valence-electron chi connectivity index (χ4n) is 1.85. The summed E-state index contributed by atoms with van der Waals surface area (Å²) >= 11 is 0. The lowest BCUT2D eigenvalue weighted by atomic mass is 10.1. The summed E-state index contributed by atoms with van der Waals surface area (Å²) in [6.45, 7) is 2.59. The van der Waals surface area contributed by atoms with Gasteiger partial charge in [-0.05, 0) is 35.7 Å². The molecule has 100 valence electrons. The van der Waals surface area contributed by atoms with Crippen LogP contribution >= 0.6 is 0 Å². The zero-order valence-electron chi connectivity index (χ0n) is 11.1. The van der Waals surface area contributed by atoms with Gasteiger partial charge in [0.1, 0.15) is 5.75 Å². The lowest BCUT2D eigenvalue weighted by Crippen LogP contribution is -2.02. The molecule has 0 aliphatic carbocycles. The SMILES string of the molecule is CCC(O)c1ccc(OCCc2cccnc2)cc1. The summed E-state index contributed by atoms with van der Waals surface area (Å²) in [5, 5.41) is 9.70. The van der Waals surface area contributed by atoms with Crippen LogP contribution in [-0.2, 0) is 6.42 Å². The van der Waals surface area contributed by atoms with Gasteiger partial charge in [-0.3, -0.25) is 4.98 Å². The van der Waals surface area contributed by atoms with Gasteiger partial charge in [0.25, 0.3) is 0 Å². The van der Waals surface area contributed by atoms with Gasteiger partial charge in [0.15, 0.2) is 0 Å². The highest BCUT2D eigenvalue weighted by molar-refractivity contribution is 5.28. The Morgan fingerprint density at radius 3 is 2.63 bits per heavy atom. The molecule has 0 saturated heterocycles. The molecule has 2 aromatic rings. The molecular formula is C16H19NO2. The number of aliphatic hydroxyl groups excluding tert-OH is 1. The first-order valence-electron chi connectivity index (χ1n) is 6.59.